The van der Waals surface area contributed by atoms with Crippen molar-refractivity contribution in [3.05, 3.63) is 120 Å². The van der Waals surface area contributed by atoms with Gasteiger partial charge in [0.25, 0.3) is 0 Å². The molecule has 138 valence electrons. The molecule has 3 aromatic carbocycles. The molecule has 3 nitrogen and oxygen atoms in total. The Hall–Kier alpha value is -3.59. The maximum atomic E-state index is 12.8. The number of hydrogen-bond acceptors (Lipinski definition) is 3. The first kappa shape index (κ1) is 17.8. The van der Waals surface area contributed by atoms with Crippen LogP contribution in [0.1, 0.15) is 22.3 Å². The Balaban J connectivity index is 1.68. The van der Waals surface area contributed by atoms with Crippen LogP contribution >= 0.6 is 0 Å². The molecule has 0 saturated carbocycles. The van der Waals surface area contributed by atoms with E-state index in [0.29, 0.717) is 23.2 Å². The van der Waals surface area contributed by atoms with Gasteiger partial charge in [0.1, 0.15) is 0 Å². The molecule has 1 aliphatic carbocycles. The standard InChI is InChI=1S/C25H22N2O/c26-22-13-7-8-14-23(22)27-25(21-11-5-2-6-12-21)17-15-20(16-18-25)24(28)19-9-3-1-4-10-19/h1-17,27H,18,26H2. The monoisotopic (exact) mass is 366 g/mol. The molecule has 0 amide bonds. The average Bonchev–Trinajstić information content (AvgIpc) is 2.77. The maximum Gasteiger partial charge on any atom is 0.192 e. The molecule has 1 unspecified atom stereocenters. The zero-order valence-corrected chi connectivity index (χ0v) is 15.5. The van der Waals surface area contributed by atoms with Gasteiger partial charge in [0, 0.05) is 11.1 Å². The summed E-state index contributed by atoms with van der Waals surface area (Å²) in [5.41, 5.74) is 9.81. The summed E-state index contributed by atoms with van der Waals surface area (Å²) in [6.45, 7) is 0. The molecule has 3 heteroatoms. The molecule has 1 aliphatic rings. The van der Waals surface area contributed by atoms with E-state index < -0.39 is 5.54 Å². The Bertz CT molecular complexity index is 1040. The molecular formula is C25H22N2O. The van der Waals surface area contributed by atoms with Gasteiger partial charge in [-0.05, 0) is 24.1 Å². The molecule has 3 N–H and O–H groups in total. The van der Waals surface area contributed by atoms with Crippen molar-refractivity contribution in [2.45, 2.75) is 12.0 Å². The highest BCUT2D eigenvalue weighted by molar-refractivity contribution is 6.10. The number of carbonyl (C=O) groups is 1. The molecule has 0 fully saturated rings. The van der Waals surface area contributed by atoms with Gasteiger partial charge < -0.3 is 11.1 Å². The topological polar surface area (TPSA) is 55.1 Å². The van der Waals surface area contributed by atoms with Crippen LogP contribution < -0.4 is 11.1 Å². The van der Waals surface area contributed by atoms with Crippen LogP contribution in [0.5, 0.6) is 0 Å². The SMILES string of the molecule is Nc1ccccc1NC1(c2ccccc2)C=CC(C(=O)c2ccccc2)=CC1. The molecule has 0 bridgehead atoms. The van der Waals surface area contributed by atoms with Gasteiger partial charge in [-0.3, -0.25) is 4.79 Å². The first-order valence-corrected chi connectivity index (χ1v) is 9.35. The minimum absolute atomic E-state index is 0.0396. The number of ketones is 1. The number of Topliss-reactive ketones (excluding diaryl/α,β-unsaturated/α-hetero) is 1. The molecule has 4 rings (SSSR count). The van der Waals surface area contributed by atoms with Gasteiger partial charge in [0.05, 0.1) is 16.9 Å². The number of anilines is 2. The second kappa shape index (κ2) is 7.57. The fourth-order valence-corrected chi connectivity index (χ4v) is 3.53. The second-order valence-corrected chi connectivity index (χ2v) is 6.94. The molecule has 0 saturated heterocycles. The molecule has 0 aliphatic heterocycles. The Morgan fingerprint density at radius 2 is 1.50 bits per heavy atom. The Labute approximate surface area is 165 Å². The summed E-state index contributed by atoms with van der Waals surface area (Å²) < 4.78 is 0. The number of nitrogens with one attached hydrogen (secondary N) is 1. The van der Waals surface area contributed by atoms with Gasteiger partial charge in [-0.25, -0.2) is 0 Å². The van der Waals surface area contributed by atoms with E-state index in [2.05, 4.69) is 23.5 Å². The lowest BCUT2D eigenvalue weighted by atomic mass is 9.80. The summed E-state index contributed by atoms with van der Waals surface area (Å²) in [5.74, 6) is 0.0396. The Kier molecular flexibility index (Phi) is 4.81. The third-order valence-corrected chi connectivity index (χ3v) is 5.10. The predicted molar refractivity (Wildman–Crippen MR) is 115 cm³/mol. The van der Waals surface area contributed by atoms with E-state index in [0.717, 1.165) is 11.3 Å². The number of hydrogen-bond donors (Lipinski definition) is 2. The van der Waals surface area contributed by atoms with Gasteiger partial charge in [-0.15, -0.1) is 0 Å². The van der Waals surface area contributed by atoms with Crippen molar-refractivity contribution in [3.63, 3.8) is 0 Å². The van der Waals surface area contributed by atoms with Crippen LogP contribution in [-0.2, 0) is 5.54 Å². The number of benzene rings is 3. The van der Waals surface area contributed by atoms with Crippen LogP contribution in [0, 0.1) is 0 Å². The Morgan fingerprint density at radius 1 is 0.857 bits per heavy atom. The third kappa shape index (κ3) is 3.47. The highest BCUT2D eigenvalue weighted by Gasteiger charge is 2.31. The predicted octanol–water partition coefficient (Wildman–Crippen LogP) is 5.35. The number of nitrogens with two attached hydrogens (primary N) is 1. The summed E-state index contributed by atoms with van der Waals surface area (Å²) in [6.07, 6.45) is 6.65. The second-order valence-electron chi connectivity index (χ2n) is 6.94. The molecule has 0 heterocycles. The van der Waals surface area contributed by atoms with E-state index in [-0.39, 0.29) is 5.78 Å². The lowest BCUT2D eigenvalue weighted by Crippen LogP contribution is -2.34. The van der Waals surface area contributed by atoms with Crippen molar-refractivity contribution in [2.75, 3.05) is 11.1 Å². The molecule has 0 aromatic heterocycles. The lowest BCUT2D eigenvalue weighted by Gasteiger charge is -2.35. The van der Waals surface area contributed by atoms with Crippen molar-refractivity contribution in [1.29, 1.82) is 0 Å². The zero-order chi connectivity index (χ0) is 19.4. The van der Waals surface area contributed by atoms with Crippen molar-refractivity contribution < 1.29 is 4.79 Å². The minimum atomic E-state index is -0.461. The Morgan fingerprint density at radius 3 is 2.14 bits per heavy atom. The molecule has 1 atom stereocenters. The molecule has 28 heavy (non-hydrogen) atoms. The fraction of sp³-hybridized carbons (Fsp3) is 0.0800. The summed E-state index contributed by atoms with van der Waals surface area (Å²) >= 11 is 0. The zero-order valence-electron chi connectivity index (χ0n) is 15.5. The summed E-state index contributed by atoms with van der Waals surface area (Å²) in [7, 11) is 0. The smallest absolute Gasteiger partial charge is 0.192 e. The van der Waals surface area contributed by atoms with Crippen LogP contribution in [0.4, 0.5) is 11.4 Å². The summed E-state index contributed by atoms with van der Waals surface area (Å²) in [6, 6.07) is 27.3. The average molecular weight is 366 g/mol. The first-order valence-electron chi connectivity index (χ1n) is 9.35. The number of para-hydroxylation sites is 2. The first-order chi connectivity index (χ1) is 13.7. The quantitative estimate of drug-likeness (QED) is 0.473. The van der Waals surface area contributed by atoms with Crippen LogP contribution in [0.15, 0.2) is 109 Å². The maximum absolute atomic E-state index is 12.8. The van der Waals surface area contributed by atoms with E-state index >= 15 is 0 Å². The third-order valence-electron chi connectivity index (χ3n) is 5.10. The number of allylic oxidation sites excluding steroid dienone is 2. The van der Waals surface area contributed by atoms with Crippen molar-refractivity contribution in [3.8, 4) is 0 Å². The van der Waals surface area contributed by atoms with Crippen LogP contribution in [0.3, 0.4) is 0 Å². The molecule has 0 spiro atoms. The van der Waals surface area contributed by atoms with Crippen molar-refractivity contribution in [1.82, 2.24) is 0 Å². The van der Waals surface area contributed by atoms with E-state index in [1.165, 1.54) is 0 Å². The van der Waals surface area contributed by atoms with Gasteiger partial charge in [0.2, 0.25) is 0 Å². The highest BCUT2D eigenvalue weighted by Crippen LogP contribution is 2.37. The summed E-state index contributed by atoms with van der Waals surface area (Å²) in [4.78, 5) is 12.8. The van der Waals surface area contributed by atoms with Gasteiger partial charge in [0.15, 0.2) is 5.78 Å². The number of rotatable bonds is 5. The largest absolute Gasteiger partial charge is 0.397 e. The van der Waals surface area contributed by atoms with E-state index in [4.69, 9.17) is 5.73 Å². The van der Waals surface area contributed by atoms with E-state index in [1.54, 1.807) is 0 Å². The molecular weight excluding hydrogens is 344 g/mol. The number of carbonyl (C=O) groups excluding carboxylic acids is 1. The lowest BCUT2D eigenvalue weighted by molar-refractivity contribution is 0.103. The van der Waals surface area contributed by atoms with Crippen LogP contribution in [0.25, 0.3) is 0 Å². The van der Waals surface area contributed by atoms with Crippen LogP contribution in [0.2, 0.25) is 0 Å². The normalized spacial score (nSPS) is 18.4. The number of nitrogen functional groups attached to an aromatic ring is 1. The highest BCUT2D eigenvalue weighted by atomic mass is 16.1. The van der Waals surface area contributed by atoms with Crippen molar-refractivity contribution >= 4 is 17.2 Å². The van der Waals surface area contributed by atoms with Gasteiger partial charge in [-0.1, -0.05) is 91.0 Å². The molecule has 3 aromatic rings. The van der Waals surface area contributed by atoms with Crippen molar-refractivity contribution in [2.24, 2.45) is 0 Å². The fourth-order valence-electron chi connectivity index (χ4n) is 3.53. The van der Waals surface area contributed by atoms with Gasteiger partial charge in [-0.2, -0.15) is 0 Å². The van der Waals surface area contributed by atoms with E-state index in [9.17, 15) is 4.79 Å². The molecule has 0 radical (unpaired) electrons. The van der Waals surface area contributed by atoms with Crippen LogP contribution in [-0.4, -0.2) is 5.78 Å². The minimum Gasteiger partial charge on any atom is -0.397 e. The van der Waals surface area contributed by atoms with Gasteiger partial charge >= 0.3 is 0 Å². The van der Waals surface area contributed by atoms with E-state index in [1.807, 2.05) is 84.9 Å². The summed E-state index contributed by atoms with van der Waals surface area (Å²) in [5, 5.41) is 3.61.